The van der Waals surface area contributed by atoms with E-state index in [0.29, 0.717) is 12.1 Å². The highest BCUT2D eigenvalue weighted by Crippen LogP contribution is 2.29. The highest BCUT2D eigenvalue weighted by Gasteiger charge is 2.21. The van der Waals surface area contributed by atoms with Crippen LogP contribution < -0.4 is 10.1 Å². The number of imidazole rings is 1. The van der Waals surface area contributed by atoms with E-state index in [4.69, 9.17) is 4.74 Å². The van der Waals surface area contributed by atoms with E-state index in [9.17, 15) is 4.79 Å². The maximum absolute atomic E-state index is 13.8. The number of methoxy groups -OCH3 is 1. The van der Waals surface area contributed by atoms with Gasteiger partial charge in [-0.15, -0.1) is 0 Å². The number of carbonyl (C=O) groups is 1. The summed E-state index contributed by atoms with van der Waals surface area (Å²) in [5.74, 6) is 0.724. The molecular formula is C39H43N7O2. The van der Waals surface area contributed by atoms with Crippen molar-refractivity contribution in [2.75, 3.05) is 25.5 Å². The Hall–Kier alpha value is -5.15. The summed E-state index contributed by atoms with van der Waals surface area (Å²) in [6.07, 6.45) is 10.3. The third kappa shape index (κ3) is 6.51. The highest BCUT2D eigenvalue weighted by atomic mass is 16.5. The molecule has 7 rings (SSSR count). The number of nitrogens with one attached hydrogen (secondary N) is 1. The summed E-state index contributed by atoms with van der Waals surface area (Å²) in [5, 5.41) is 7.83. The molecule has 6 aromatic rings. The Bertz CT molecular complexity index is 2070. The first-order valence-corrected chi connectivity index (χ1v) is 16.6. The summed E-state index contributed by atoms with van der Waals surface area (Å²) < 4.78 is 11.4. The molecule has 0 unspecified atom stereocenters. The second kappa shape index (κ2) is 12.8. The number of aromatic nitrogens is 5. The molecule has 9 heteroatoms. The Morgan fingerprint density at radius 1 is 0.917 bits per heavy atom. The van der Waals surface area contributed by atoms with Gasteiger partial charge in [-0.3, -0.25) is 19.1 Å². The largest absolute Gasteiger partial charge is 0.497 e. The number of aryl methyl sites for hydroxylation is 1. The van der Waals surface area contributed by atoms with Crippen LogP contribution >= 0.6 is 0 Å². The van der Waals surface area contributed by atoms with E-state index in [0.717, 1.165) is 64.8 Å². The quantitative estimate of drug-likeness (QED) is 0.177. The van der Waals surface area contributed by atoms with Crippen molar-refractivity contribution in [2.24, 2.45) is 0 Å². The SMILES string of the molecule is COc1ccc(Cn2cc(-c3cnc4ccn(-c5cc(NC(=O)c6cc(CN7CCCC7)cc(C(C)(C)C)c6)ccc5C)n34)cn2)cc1. The van der Waals surface area contributed by atoms with Crippen molar-refractivity contribution >= 4 is 17.2 Å². The second-order valence-corrected chi connectivity index (χ2v) is 13.9. The topological polar surface area (TPSA) is 81.6 Å². The van der Waals surface area contributed by atoms with Crippen LogP contribution in [0.1, 0.15) is 66.2 Å². The van der Waals surface area contributed by atoms with Gasteiger partial charge in [-0.05, 0) is 96.9 Å². The molecule has 0 spiro atoms. The van der Waals surface area contributed by atoms with Gasteiger partial charge in [0.1, 0.15) is 5.75 Å². The Morgan fingerprint density at radius 2 is 1.71 bits per heavy atom. The number of benzene rings is 3. The van der Waals surface area contributed by atoms with Gasteiger partial charge in [0.2, 0.25) is 0 Å². The van der Waals surface area contributed by atoms with E-state index < -0.39 is 0 Å². The van der Waals surface area contributed by atoms with Crippen molar-refractivity contribution in [1.29, 1.82) is 0 Å². The molecule has 0 radical (unpaired) electrons. The molecule has 0 aliphatic carbocycles. The van der Waals surface area contributed by atoms with Gasteiger partial charge in [0.25, 0.3) is 5.91 Å². The molecule has 0 atom stereocenters. The number of hydrogen-bond acceptors (Lipinski definition) is 5. The molecule has 4 heterocycles. The van der Waals surface area contributed by atoms with E-state index in [-0.39, 0.29) is 11.3 Å². The van der Waals surface area contributed by atoms with Gasteiger partial charge in [-0.1, -0.05) is 45.0 Å². The molecule has 1 N–H and O–H groups in total. The maximum Gasteiger partial charge on any atom is 0.255 e. The number of carbonyl (C=O) groups excluding carboxylic acids is 1. The van der Waals surface area contributed by atoms with E-state index in [2.05, 4.69) is 69.3 Å². The van der Waals surface area contributed by atoms with Gasteiger partial charge >= 0.3 is 0 Å². The van der Waals surface area contributed by atoms with Crippen molar-refractivity contribution in [3.63, 3.8) is 0 Å². The van der Waals surface area contributed by atoms with Crippen LogP contribution in [0.2, 0.25) is 0 Å². The predicted molar refractivity (Wildman–Crippen MR) is 190 cm³/mol. The zero-order valence-corrected chi connectivity index (χ0v) is 28.4. The number of rotatable bonds is 9. The summed E-state index contributed by atoms with van der Waals surface area (Å²) in [4.78, 5) is 20.9. The minimum Gasteiger partial charge on any atom is -0.497 e. The van der Waals surface area contributed by atoms with Crippen molar-refractivity contribution in [1.82, 2.24) is 28.9 Å². The van der Waals surface area contributed by atoms with Gasteiger partial charge in [0.05, 0.1) is 37.4 Å². The summed E-state index contributed by atoms with van der Waals surface area (Å²) >= 11 is 0. The summed E-state index contributed by atoms with van der Waals surface area (Å²) in [6, 6.07) is 22.4. The molecule has 9 nitrogen and oxygen atoms in total. The fourth-order valence-electron chi connectivity index (χ4n) is 6.47. The molecule has 1 amide bonds. The van der Waals surface area contributed by atoms with Crippen LogP contribution in [0, 0.1) is 6.92 Å². The molecule has 1 fully saturated rings. The fourth-order valence-corrected chi connectivity index (χ4v) is 6.47. The van der Waals surface area contributed by atoms with Crippen molar-refractivity contribution < 1.29 is 9.53 Å². The molecule has 1 aliphatic heterocycles. The number of nitrogens with zero attached hydrogens (tertiary/aromatic N) is 6. The first-order chi connectivity index (χ1) is 23.1. The zero-order chi connectivity index (χ0) is 33.4. The zero-order valence-electron chi connectivity index (χ0n) is 28.4. The number of likely N-dealkylation sites (tertiary alicyclic amines) is 1. The standard InChI is InChI=1S/C39H43N7O2/c1-27-8-11-33(42-38(47)30-18-29(24-43-15-6-7-16-43)19-32(20-30)39(2,3)4)21-35(27)45-17-14-37-40-23-36(46(37)45)31-22-41-44(26-31)25-28-9-12-34(48-5)13-10-28/h8-14,17-23,26H,6-7,15-16,24-25H2,1-5H3,(H,42,47). The first-order valence-electron chi connectivity index (χ1n) is 16.6. The number of anilines is 1. The highest BCUT2D eigenvalue weighted by molar-refractivity contribution is 6.04. The average molecular weight is 642 g/mol. The van der Waals surface area contributed by atoms with Crippen LogP contribution in [0.4, 0.5) is 5.69 Å². The molecule has 1 aliphatic rings. The van der Waals surface area contributed by atoms with Gasteiger partial charge in [-0.25, -0.2) is 9.50 Å². The van der Waals surface area contributed by atoms with Gasteiger partial charge in [0, 0.05) is 41.8 Å². The van der Waals surface area contributed by atoms with E-state index in [1.54, 1.807) is 7.11 Å². The lowest BCUT2D eigenvalue weighted by Crippen LogP contribution is -2.21. The molecule has 246 valence electrons. The van der Waals surface area contributed by atoms with E-state index in [1.165, 1.54) is 24.0 Å². The normalized spacial score (nSPS) is 13.8. The molecular weight excluding hydrogens is 598 g/mol. The van der Waals surface area contributed by atoms with Gasteiger partial charge in [-0.2, -0.15) is 5.10 Å². The molecule has 3 aromatic carbocycles. The van der Waals surface area contributed by atoms with Crippen LogP contribution in [-0.4, -0.2) is 55.0 Å². The summed E-state index contributed by atoms with van der Waals surface area (Å²) in [7, 11) is 1.67. The fraction of sp³-hybridized carbons (Fsp3) is 0.308. The number of fused-ring (bicyclic) bond motifs is 1. The number of ether oxygens (including phenoxy) is 1. The predicted octanol–water partition coefficient (Wildman–Crippen LogP) is 7.50. The molecule has 0 bridgehead atoms. The average Bonchev–Trinajstić information content (AvgIpc) is 3.89. The smallest absolute Gasteiger partial charge is 0.255 e. The lowest BCUT2D eigenvalue weighted by Gasteiger charge is -2.23. The van der Waals surface area contributed by atoms with Crippen LogP contribution in [0.5, 0.6) is 5.75 Å². The molecule has 48 heavy (non-hydrogen) atoms. The first kappa shape index (κ1) is 31.4. The minimum absolute atomic E-state index is 0.0679. The molecule has 1 saturated heterocycles. The Labute approximate surface area is 281 Å². The number of hydrogen-bond donors (Lipinski definition) is 1. The van der Waals surface area contributed by atoms with Crippen LogP contribution in [0.15, 0.2) is 91.5 Å². The summed E-state index contributed by atoms with van der Waals surface area (Å²) in [5.41, 5.74) is 9.58. The monoisotopic (exact) mass is 641 g/mol. The van der Waals surface area contributed by atoms with Gasteiger partial charge in [0.15, 0.2) is 5.65 Å². The Morgan fingerprint density at radius 3 is 2.46 bits per heavy atom. The van der Waals surface area contributed by atoms with Crippen molar-refractivity contribution in [2.45, 2.75) is 59.0 Å². The Balaban J connectivity index is 1.16. The van der Waals surface area contributed by atoms with Gasteiger partial charge < -0.3 is 10.1 Å². The van der Waals surface area contributed by atoms with Crippen LogP contribution in [-0.2, 0) is 18.5 Å². The summed E-state index contributed by atoms with van der Waals surface area (Å²) in [6.45, 7) is 12.4. The second-order valence-electron chi connectivity index (χ2n) is 13.9. The van der Waals surface area contributed by atoms with Crippen LogP contribution in [0.25, 0.3) is 22.6 Å². The Kier molecular flexibility index (Phi) is 8.39. The lowest BCUT2D eigenvalue weighted by molar-refractivity contribution is 0.102. The minimum atomic E-state index is -0.108. The van der Waals surface area contributed by atoms with Crippen molar-refractivity contribution in [3.8, 4) is 22.7 Å². The molecule has 3 aromatic heterocycles. The van der Waals surface area contributed by atoms with Crippen LogP contribution in [0.3, 0.4) is 0 Å². The lowest BCUT2D eigenvalue weighted by atomic mass is 9.85. The number of amides is 1. The van der Waals surface area contributed by atoms with E-state index >= 15 is 0 Å². The molecule has 0 saturated carbocycles. The third-order valence-corrected chi connectivity index (χ3v) is 9.22. The van der Waals surface area contributed by atoms with Crippen molar-refractivity contribution in [3.05, 3.63) is 119 Å². The maximum atomic E-state index is 13.8. The van der Waals surface area contributed by atoms with E-state index in [1.807, 2.05) is 84.1 Å². The third-order valence-electron chi connectivity index (χ3n) is 9.22.